The maximum Gasteiger partial charge on any atom is 0.337 e. The molecule has 0 saturated carbocycles. The van der Waals surface area contributed by atoms with E-state index in [1.807, 2.05) is 0 Å². The van der Waals surface area contributed by atoms with Gasteiger partial charge in [-0.25, -0.2) is 14.0 Å². The first-order valence-corrected chi connectivity index (χ1v) is 5.57. The number of aromatic carboxylic acids is 1. The number of hydrogen-bond donors (Lipinski definition) is 3. The van der Waals surface area contributed by atoms with Crippen LogP contribution in [0.15, 0.2) is 42.7 Å². The van der Waals surface area contributed by atoms with Crippen LogP contribution < -0.4 is 10.6 Å². The monoisotopic (exact) mass is 275 g/mol. The lowest BCUT2D eigenvalue weighted by Crippen LogP contribution is -2.21. The van der Waals surface area contributed by atoms with Crippen molar-refractivity contribution in [1.29, 1.82) is 0 Å². The average molecular weight is 275 g/mol. The molecule has 2 rings (SSSR count). The van der Waals surface area contributed by atoms with Gasteiger partial charge in [-0.2, -0.15) is 0 Å². The molecule has 0 atom stereocenters. The summed E-state index contributed by atoms with van der Waals surface area (Å²) in [5.74, 6) is -2.03. The third-order valence-corrected chi connectivity index (χ3v) is 2.38. The minimum atomic E-state index is -1.33. The van der Waals surface area contributed by atoms with E-state index in [-0.39, 0.29) is 11.3 Å². The van der Waals surface area contributed by atoms with E-state index in [4.69, 9.17) is 5.11 Å². The topological polar surface area (TPSA) is 91.3 Å². The minimum Gasteiger partial charge on any atom is -0.478 e. The van der Waals surface area contributed by atoms with Crippen molar-refractivity contribution in [2.24, 2.45) is 0 Å². The van der Waals surface area contributed by atoms with Gasteiger partial charge in [0, 0.05) is 6.20 Å². The van der Waals surface area contributed by atoms with Gasteiger partial charge in [0.15, 0.2) is 0 Å². The highest BCUT2D eigenvalue weighted by atomic mass is 19.1. The molecule has 0 aliphatic carbocycles. The van der Waals surface area contributed by atoms with E-state index in [1.54, 1.807) is 18.3 Å². The summed E-state index contributed by atoms with van der Waals surface area (Å²) in [6.45, 7) is 0. The van der Waals surface area contributed by atoms with Crippen LogP contribution in [0.4, 0.5) is 20.6 Å². The van der Waals surface area contributed by atoms with Gasteiger partial charge in [0.25, 0.3) is 0 Å². The molecule has 102 valence electrons. The average Bonchev–Trinajstić information content (AvgIpc) is 2.41. The molecule has 2 amide bonds. The molecule has 6 nitrogen and oxygen atoms in total. The summed E-state index contributed by atoms with van der Waals surface area (Å²) >= 11 is 0. The van der Waals surface area contributed by atoms with Crippen molar-refractivity contribution < 1.29 is 19.1 Å². The van der Waals surface area contributed by atoms with E-state index in [0.29, 0.717) is 5.69 Å². The number of nitrogens with one attached hydrogen (secondary N) is 2. The maximum absolute atomic E-state index is 13.0. The summed E-state index contributed by atoms with van der Waals surface area (Å²) in [4.78, 5) is 26.5. The summed E-state index contributed by atoms with van der Waals surface area (Å²) in [5.41, 5.74) is 0.121. The number of halogens is 1. The number of pyridine rings is 1. The molecule has 1 heterocycles. The van der Waals surface area contributed by atoms with Crippen LogP contribution in [-0.2, 0) is 0 Å². The number of aromatic nitrogens is 1. The molecule has 0 fully saturated rings. The van der Waals surface area contributed by atoms with Crippen LogP contribution in [0.5, 0.6) is 0 Å². The van der Waals surface area contributed by atoms with Gasteiger partial charge in [0.05, 0.1) is 23.1 Å². The smallest absolute Gasteiger partial charge is 0.337 e. The molecule has 0 aliphatic rings. The molecule has 0 aliphatic heterocycles. The fourth-order valence-electron chi connectivity index (χ4n) is 1.52. The van der Waals surface area contributed by atoms with Crippen molar-refractivity contribution in [3.8, 4) is 0 Å². The number of carboxylic acid groups (broad SMARTS) is 1. The summed E-state index contributed by atoms with van der Waals surface area (Å²) < 4.78 is 13.0. The highest BCUT2D eigenvalue weighted by Crippen LogP contribution is 2.17. The molecular formula is C13H10FN3O3. The number of carbonyl (C=O) groups excluding carboxylic acids is 1. The van der Waals surface area contributed by atoms with E-state index in [2.05, 4.69) is 15.6 Å². The quantitative estimate of drug-likeness (QED) is 0.802. The molecule has 0 spiro atoms. The number of rotatable bonds is 3. The lowest BCUT2D eigenvalue weighted by Gasteiger charge is -2.09. The molecule has 1 aromatic carbocycles. The SMILES string of the molecule is O=C(Nc1cccnc1)Nc1ccc(F)cc1C(=O)O. The van der Waals surface area contributed by atoms with Crippen LogP contribution in [0.25, 0.3) is 0 Å². The Morgan fingerprint density at radius 1 is 1.20 bits per heavy atom. The third kappa shape index (κ3) is 3.29. The highest BCUT2D eigenvalue weighted by molar-refractivity contribution is 6.04. The standard InChI is InChI=1S/C13H10FN3O3/c14-8-3-4-11(10(6-8)12(18)19)17-13(20)16-9-2-1-5-15-7-9/h1-7H,(H,18,19)(H2,16,17,20). The molecule has 20 heavy (non-hydrogen) atoms. The molecule has 0 radical (unpaired) electrons. The lowest BCUT2D eigenvalue weighted by atomic mass is 10.2. The number of anilines is 2. The number of amides is 2. The Morgan fingerprint density at radius 2 is 2.00 bits per heavy atom. The van der Waals surface area contributed by atoms with Crippen molar-refractivity contribution >= 4 is 23.4 Å². The van der Waals surface area contributed by atoms with Crippen molar-refractivity contribution in [2.45, 2.75) is 0 Å². The molecule has 2 aromatic rings. The van der Waals surface area contributed by atoms with E-state index in [0.717, 1.165) is 12.1 Å². The first-order valence-electron chi connectivity index (χ1n) is 5.57. The van der Waals surface area contributed by atoms with Gasteiger partial charge in [-0.1, -0.05) is 0 Å². The molecule has 7 heteroatoms. The third-order valence-electron chi connectivity index (χ3n) is 2.38. The van der Waals surface area contributed by atoms with Crippen molar-refractivity contribution in [3.05, 3.63) is 54.1 Å². The summed E-state index contributed by atoms with van der Waals surface area (Å²) in [5, 5.41) is 13.8. The number of nitrogens with zero attached hydrogens (tertiary/aromatic N) is 1. The molecule has 0 unspecified atom stereocenters. The molecule has 0 saturated heterocycles. The molecule has 0 bridgehead atoms. The van der Waals surface area contributed by atoms with E-state index in [1.165, 1.54) is 12.3 Å². The van der Waals surface area contributed by atoms with Gasteiger partial charge in [-0.3, -0.25) is 4.98 Å². The van der Waals surface area contributed by atoms with Crippen LogP contribution in [0.3, 0.4) is 0 Å². The number of hydrogen-bond acceptors (Lipinski definition) is 3. The summed E-state index contributed by atoms with van der Waals surface area (Å²) in [6.07, 6.45) is 2.98. The van der Waals surface area contributed by atoms with Crippen LogP contribution in [0.2, 0.25) is 0 Å². The minimum absolute atomic E-state index is 0.000269. The predicted molar refractivity (Wildman–Crippen MR) is 70.2 cm³/mol. The van der Waals surface area contributed by atoms with Crippen LogP contribution in [-0.4, -0.2) is 22.1 Å². The fraction of sp³-hybridized carbons (Fsp3) is 0. The van der Waals surface area contributed by atoms with Crippen molar-refractivity contribution in [1.82, 2.24) is 4.98 Å². The fourth-order valence-corrected chi connectivity index (χ4v) is 1.52. The maximum atomic E-state index is 13.0. The number of carboxylic acids is 1. The summed E-state index contributed by atoms with van der Waals surface area (Å²) in [6, 6.07) is 5.69. The Kier molecular flexibility index (Phi) is 3.90. The normalized spacial score (nSPS) is 9.85. The Morgan fingerprint density at radius 3 is 2.65 bits per heavy atom. The largest absolute Gasteiger partial charge is 0.478 e. The van der Waals surface area contributed by atoms with Gasteiger partial charge in [-0.05, 0) is 30.3 Å². The number of benzene rings is 1. The van der Waals surface area contributed by atoms with Gasteiger partial charge in [0.1, 0.15) is 5.82 Å². The van der Waals surface area contributed by atoms with Crippen molar-refractivity contribution in [2.75, 3.05) is 10.6 Å². The van der Waals surface area contributed by atoms with Gasteiger partial charge in [-0.15, -0.1) is 0 Å². The van der Waals surface area contributed by atoms with Crippen LogP contribution in [0, 0.1) is 5.82 Å². The second kappa shape index (κ2) is 5.79. The zero-order chi connectivity index (χ0) is 14.5. The first kappa shape index (κ1) is 13.5. The second-order valence-corrected chi connectivity index (χ2v) is 3.82. The van der Waals surface area contributed by atoms with E-state index < -0.39 is 17.8 Å². The molecule has 1 aromatic heterocycles. The Labute approximate surface area is 113 Å². The second-order valence-electron chi connectivity index (χ2n) is 3.82. The van der Waals surface area contributed by atoms with Gasteiger partial charge < -0.3 is 15.7 Å². The van der Waals surface area contributed by atoms with Crippen LogP contribution in [0.1, 0.15) is 10.4 Å². The number of urea groups is 1. The van der Waals surface area contributed by atoms with Crippen molar-refractivity contribution in [3.63, 3.8) is 0 Å². The van der Waals surface area contributed by atoms with Gasteiger partial charge in [0.2, 0.25) is 0 Å². The molecular weight excluding hydrogens is 265 g/mol. The predicted octanol–water partition coefficient (Wildman–Crippen LogP) is 2.56. The Hall–Kier alpha value is -2.96. The highest BCUT2D eigenvalue weighted by Gasteiger charge is 2.13. The Bertz CT molecular complexity index is 647. The lowest BCUT2D eigenvalue weighted by molar-refractivity contribution is 0.0697. The van der Waals surface area contributed by atoms with Crippen LogP contribution >= 0.6 is 0 Å². The van der Waals surface area contributed by atoms with E-state index >= 15 is 0 Å². The summed E-state index contributed by atoms with van der Waals surface area (Å²) in [7, 11) is 0. The number of carbonyl (C=O) groups is 2. The van der Waals surface area contributed by atoms with E-state index in [9.17, 15) is 14.0 Å². The zero-order valence-corrected chi connectivity index (χ0v) is 10.1. The zero-order valence-electron chi connectivity index (χ0n) is 10.1. The Balaban J connectivity index is 2.14. The molecule has 3 N–H and O–H groups in total. The first-order chi connectivity index (χ1) is 9.56. The van der Waals surface area contributed by atoms with Gasteiger partial charge >= 0.3 is 12.0 Å².